The number of amides is 5. The minimum Gasteiger partial charge on any atom is -0.495 e. The topological polar surface area (TPSA) is 276 Å². The standard InChI is InChI=1S/C45H69ClN6O15S/c1-28-10-9-11-35(62-8)45(60)25-34(66-43(58)50-45)29(2)24-44(4,59)36(23-40(56)52(6)32-21-31(20-28)22-33(61-7)41(32)46)67-42(57)30(3)51(5)39(55)12-19-68-27-38(54)49-14-16-64-18-17-63-15-13-48-37(53)26-65-47/h9-11,21-22,29-30,34-36,59-60H,12-20,23-27,47H2,1-8H3,(H,48,53)(H,49,54)(H,50,58)/b11-9+,28-10+/t29?,30-,34-,35+,36-,44+,45-/m0/s1. The van der Waals surface area contributed by atoms with Crippen LogP contribution >= 0.6 is 23.4 Å². The van der Waals surface area contributed by atoms with E-state index in [1.54, 1.807) is 31.2 Å². The average Bonchev–Trinajstić information content (AvgIpc) is 3.28. The van der Waals surface area contributed by atoms with Gasteiger partial charge in [0.1, 0.15) is 41.7 Å². The molecule has 0 radical (unpaired) electrons. The Bertz CT molecular complexity index is 1940. The molecule has 2 aliphatic heterocycles. The fourth-order valence-corrected chi connectivity index (χ4v) is 8.45. The number of alkyl carbamates (subject to hydrolysis) is 1. The third-order valence-electron chi connectivity index (χ3n) is 11.4. The van der Waals surface area contributed by atoms with Crippen LogP contribution in [0.15, 0.2) is 35.9 Å². The maximum absolute atomic E-state index is 14.2. The van der Waals surface area contributed by atoms with E-state index in [0.29, 0.717) is 31.0 Å². The quantitative estimate of drug-likeness (QED) is 0.0582. The third kappa shape index (κ3) is 18.1. The minimum absolute atomic E-state index is 0.0127. The zero-order chi connectivity index (χ0) is 50.6. The fraction of sp³-hybridized carbons (Fsp3) is 0.644. The molecule has 0 aliphatic carbocycles. The Hall–Kier alpha value is -4.52. The number of nitrogens with one attached hydrogen (secondary N) is 3. The number of carbonyl (C=O) groups excluding carboxylic acids is 6. The lowest BCUT2D eigenvalue weighted by Gasteiger charge is -2.43. The number of likely N-dealkylation sites (N-methyl/N-ethyl adjacent to an activating group) is 1. The van der Waals surface area contributed by atoms with Gasteiger partial charge in [0.2, 0.25) is 23.6 Å². The number of esters is 1. The summed E-state index contributed by atoms with van der Waals surface area (Å²) in [6.45, 7) is 7.86. The molecule has 0 saturated carbocycles. The Morgan fingerprint density at radius 3 is 2.37 bits per heavy atom. The van der Waals surface area contributed by atoms with Crippen LogP contribution in [0.2, 0.25) is 5.02 Å². The Labute approximate surface area is 407 Å². The van der Waals surface area contributed by atoms with Crippen LogP contribution in [0.4, 0.5) is 10.5 Å². The van der Waals surface area contributed by atoms with E-state index in [-0.39, 0.29) is 80.6 Å². The van der Waals surface area contributed by atoms with E-state index in [9.17, 15) is 39.0 Å². The molecule has 1 aromatic carbocycles. The number of thioether (sulfide) groups is 1. The molecule has 382 valence electrons. The van der Waals surface area contributed by atoms with E-state index in [4.69, 9.17) is 45.9 Å². The van der Waals surface area contributed by atoms with Crippen molar-refractivity contribution in [2.75, 3.05) is 90.8 Å². The van der Waals surface area contributed by atoms with Gasteiger partial charge >= 0.3 is 12.1 Å². The van der Waals surface area contributed by atoms with Crippen molar-refractivity contribution in [1.82, 2.24) is 20.9 Å². The van der Waals surface area contributed by atoms with Crippen molar-refractivity contribution >= 4 is 64.7 Å². The summed E-state index contributed by atoms with van der Waals surface area (Å²) >= 11 is 7.99. The number of allylic oxidation sites excluding steroid dienone is 3. The van der Waals surface area contributed by atoms with Crippen LogP contribution < -0.4 is 31.5 Å². The van der Waals surface area contributed by atoms with Crippen molar-refractivity contribution in [3.8, 4) is 5.75 Å². The van der Waals surface area contributed by atoms with Gasteiger partial charge in [-0.05, 0) is 57.2 Å². The van der Waals surface area contributed by atoms with E-state index >= 15 is 0 Å². The van der Waals surface area contributed by atoms with Crippen LogP contribution in [0.3, 0.4) is 0 Å². The third-order valence-corrected chi connectivity index (χ3v) is 12.8. The van der Waals surface area contributed by atoms with E-state index in [2.05, 4.69) is 20.8 Å². The number of benzene rings is 1. The highest BCUT2D eigenvalue weighted by molar-refractivity contribution is 7.99. The molecule has 23 heteroatoms. The number of nitrogens with two attached hydrogens (primary N) is 1. The van der Waals surface area contributed by atoms with Crippen LogP contribution in [0.1, 0.15) is 58.9 Å². The highest BCUT2D eigenvalue weighted by atomic mass is 35.5. The lowest BCUT2D eigenvalue weighted by molar-refractivity contribution is -0.176. The molecule has 0 spiro atoms. The van der Waals surface area contributed by atoms with Gasteiger partial charge in [0.25, 0.3) is 0 Å². The van der Waals surface area contributed by atoms with Gasteiger partial charge in [0.05, 0.1) is 57.0 Å². The van der Waals surface area contributed by atoms with E-state index < -0.39 is 71.9 Å². The molecule has 21 nitrogen and oxygen atoms in total. The molecule has 0 aromatic heterocycles. The van der Waals surface area contributed by atoms with Gasteiger partial charge in [-0.25, -0.2) is 15.5 Å². The number of methoxy groups -OCH3 is 2. The largest absolute Gasteiger partial charge is 0.495 e. The van der Waals surface area contributed by atoms with Gasteiger partial charge < -0.3 is 59.1 Å². The van der Waals surface area contributed by atoms with E-state index in [0.717, 1.165) is 11.1 Å². The Kier molecular flexibility index (Phi) is 24.0. The Balaban J connectivity index is 1.69. The first-order valence-electron chi connectivity index (χ1n) is 22.1. The molecule has 2 aliphatic rings. The van der Waals surface area contributed by atoms with Gasteiger partial charge in [-0.1, -0.05) is 42.3 Å². The molecule has 1 saturated heterocycles. The van der Waals surface area contributed by atoms with Crippen molar-refractivity contribution in [3.63, 3.8) is 0 Å². The van der Waals surface area contributed by atoms with Crippen LogP contribution in [0, 0.1) is 5.92 Å². The van der Waals surface area contributed by atoms with Gasteiger partial charge in [0.15, 0.2) is 5.72 Å². The highest BCUT2D eigenvalue weighted by Gasteiger charge is 2.48. The number of aliphatic hydroxyl groups is 2. The molecular weight excluding hydrogens is 932 g/mol. The molecule has 2 heterocycles. The van der Waals surface area contributed by atoms with Crippen molar-refractivity contribution < 1.29 is 72.2 Å². The van der Waals surface area contributed by atoms with Crippen LogP contribution in [0.5, 0.6) is 5.75 Å². The number of ether oxygens (including phenoxy) is 6. The van der Waals surface area contributed by atoms with Crippen molar-refractivity contribution in [2.24, 2.45) is 11.8 Å². The zero-order valence-corrected chi connectivity index (χ0v) is 41.7. The summed E-state index contributed by atoms with van der Waals surface area (Å²) in [4.78, 5) is 84.5. The highest BCUT2D eigenvalue weighted by Crippen LogP contribution is 2.38. The number of halogens is 1. The monoisotopic (exact) mass is 1000 g/mol. The molecule has 1 unspecified atom stereocenters. The van der Waals surface area contributed by atoms with Gasteiger partial charge in [0, 0.05) is 52.9 Å². The molecule has 3 rings (SSSR count). The summed E-state index contributed by atoms with van der Waals surface area (Å²) in [6.07, 6.45) is 0.290. The van der Waals surface area contributed by atoms with Gasteiger partial charge in [-0.2, -0.15) is 11.8 Å². The SMILES string of the molecule is COc1cc2cc(c1Cl)N(C)C(=O)C[C@H](OC(=O)[C@H](C)N(C)C(=O)CCSCC(=O)NCCOCCOCCNC(=O)CON)[C@](C)(O)CC(C)[C@@H]1C[C@@](O)(NC(=O)O1)[C@H](OC)/C=C/C=C(\C)C2. The Morgan fingerprint density at radius 1 is 1.07 bits per heavy atom. The van der Waals surface area contributed by atoms with Gasteiger partial charge in [-0.15, -0.1) is 0 Å². The second-order valence-electron chi connectivity index (χ2n) is 16.9. The molecule has 1 aromatic rings. The number of carbonyl (C=O) groups is 6. The minimum atomic E-state index is -1.95. The Morgan fingerprint density at radius 2 is 1.74 bits per heavy atom. The summed E-state index contributed by atoms with van der Waals surface area (Å²) in [5.41, 5.74) is -1.93. The van der Waals surface area contributed by atoms with Crippen molar-refractivity contribution in [3.05, 3.63) is 46.5 Å². The first-order chi connectivity index (χ1) is 32.2. The van der Waals surface area contributed by atoms with Crippen molar-refractivity contribution in [1.29, 1.82) is 0 Å². The first-order valence-corrected chi connectivity index (χ1v) is 23.7. The van der Waals surface area contributed by atoms with E-state index in [1.807, 2.05) is 13.0 Å². The summed E-state index contributed by atoms with van der Waals surface area (Å²) in [7, 11) is 5.76. The first kappa shape index (κ1) is 57.8. The fourth-order valence-electron chi connectivity index (χ4n) is 7.39. The maximum atomic E-state index is 14.2. The average molecular weight is 1000 g/mol. The molecular formula is C45H69ClN6O15S. The lowest BCUT2D eigenvalue weighted by Crippen LogP contribution is -2.63. The smallest absolute Gasteiger partial charge is 0.409 e. The van der Waals surface area contributed by atoms with E-state index in [1.165, 1.54) is 63.7 Å². The van der Waals surface area contributed by atoms with Gasteiger partial charge in [-0.3, -0.25) is 29.3 Å². The van der Waals surface area contributed by atoms with Crippen LogP contribution in [-0.4, -0.2) is 172 Å². The lowest BCUT2D eigenvalue weighted by atomic mass is 9.81. The summed E-state index contributed by atoms with van der Waals surface area (Å²) in [5, 5.41) is 31.8. The maximum Gasteiger partial charge on any atom is 0.409 e. The number of rotatable bonds is 21. The second-order valence-corrected chi connectivity index (χ2v) is 18.4. The van der Waals surface area contributed by atoms with Crippen LogP contribution in [0.25, 0.3) is 0 Å². The predicted molar refractivity (Wildman–Crippen MR) is 253 cm³/mol. The molecule has 4 bridgehead atoms. The number of hydrogen-bond donors (Lipinski definition) is 6. The molecule has 7 atom stereocenters. The summed E-state index contributed by atoms with van der Waals surface area (Å²) < 4.78 is 33.5. The number of fused-ring (bicyclic) bond motifs is 4. The summed E-state index contributed by atoms with van der Waals surface area (Å²) in [6, 6.07) is 2.31. The number of anilines is 1. The number of hydrogen-bond acceptors (Lipinski definition) is 17. The molecule has 68 heavy (non-hydrogen) atoms. The van der Waals surface area contributed by atoms with Crippen molar-refractivity contribution in [2.45, 2.75) is 95.5 Å². The van der Waals surface area contributed by atoms with Crippen LogP contribution in [-0.2, 0) is 58.9 Å². The molecule has 7 N–H and O–H groups in total. The summed E-state index contributed by atoms with van der Waals surface area (Å²) in [5.74, 6) is 2.30. The predicted octanol–water partition coefficient (Wildman–Crippen LogP) is 1.78. The zero-order valence-electron chi connectivity index (χ0n) is 40.1. The molecule has 5 amide bonds. The number of nitrogens with zero attached hydrogens (tertiary/aromatic N) is 2. The second kappa shape index (κ2) is 28.2. The normalized spacial score (nSPS) is 25.2. The molecule has 1 fully saturated rings.